The van der Waals surface area contributed by atoms with Crippen LogP contribution in [-0.4, -0.2) is 0 Å². The minimum atomic E-state index is -0.463. The summed E-state index contributed by atoms with van der Waals surface area (Å²) >= 11 is 1.62. The number of hydrogen-bond donors (Lipinski definition) is 1. The van der Waals surface area contributed by atoms with Gasteiger partial charge in [-0.3, -0.25) is 0 Å². The molecule has 2 atom stereocenters. The number of nitrogens with zero attached hydrogens (tertiary/aromatic N) is 1. The van der Waals surface area contributed by atoms with Crippen molar-refractivity contribution in [3.63, 3.8) is 0 Å². The Morgan fingerprint density at radius 2 is 2.15 bits per heavy atom. The van der Waals surface area contributed by atoms with Crippen LogP contribution in [0.4, 0.5) is 0 Å². The van der Waals surface area contributed by atoms with Crippen LogP contribution in [0.1, 0.15) is 43.4 Å². The highest BCUT2D eigenvalue weighted by Crippen LogP contribution is 2.29. The van der Waals surface area contributed by atoms with Crippen molar-refractivity contribution in [3.8, 4) is 6.07 Å². The van der Waals surface area contributed by atoms with Crippen molar-refractivity contribution in [2.24, 2.45) is 5.73 Å². The van der Waals surface area contributed by atoms with Crippen molar-refractivity contribution >= 4 is 11.3 Å². The molecule has 1 aromatic rings. The Labute approximate surface area is 83.0 Å². The molecule has 2 nitrogen and oxygen atoms in total. The first-order chi connectivity index (χ1) is 6.20. The van der Waals surface area contributed by atoms with Crippen LogP contribution in [0.25, 0.3) is 0 Å². The van der Waals surface area contributed by atoms with Crippen molar-refractivity contribution in [2.45, 2.75) is 32.2 Å². The van der Waals surface area contributed by atoms with Gasteiger partial charge in [0.05, 0.1) is 6.07 Å². The van der Waals surface area contributed by atoms with Gasteiger partial charge in [-0.05, 0) is 34.2 Å². The fraction of sp³-hybridized carbons (Fsp3) is 0.500. The van der Waals surface area contributed by atoms with Crippen molar-refractivity contribution in [1.29, 1.82) is 5.26 Å². The van der Waals surface area contributed by atoms with Gasteiger partial charge in [-0.1, -0.05) is 13.8 Å². The van der Waals surface area contributed by atoms with Crippen molar-refractivity contribution < 1.29 is 0 Å². The first-order valence-corrected chi connectivity index (χ1v) is 5.36. The van der Waals surface area contributed by atoms with E-state index in [1.54, 1.807) is 11.3 Å². The molecular formula is C10H14N2S. The van der Waals surface area contributed by atoms with Crippen LogP contribution in [0.3, 0.4) is 0 Å². The third kappa shape index (κ3) is 2.09. The smallest absolute Gasteiger partial charge is 0.119 e. The molecule has 1 rings (SSSR count). The van der Waals surface area contributed by atoms with Gasteiger partial charge in [-0.25, -0.2) is 0 Å². The second-order valence-corrected chi connectivity index (χ2v) is 3.94. The van der Waals surface area contributed by atoms with Gasteiger partial charge in [0, 0.05) is 0 Å². The monoisotopic (exact) mass is 194 g/mol. The lowest BCUT2D eigenvalue weighted by Gasteiger charge is -2.10. The summed E-state index contributed by atoms with van der Waals surface area (Å²) in [6.45, 7) is 4.31. The number of nitrogens with two attached hydrogens (primary N) is 1. The van der Waals surface area contributed by atoms with Crippen LogP contribution in [-0.2, 0) is 0 Å². The molecule has 1 heterocycles. The van der Waals surface area contributed by atoms with E-state index in [4.69, 9.17) is 11.0 Å². The maximum absolute atomic E-state index is 8.72. The molecule has 2 N–H and O–H groups in total. The third-order valence-electron chi connectivity index (χ3n) is 2.34. The van der Waals surface area contributed by atoms with Crippen LogP contribution in [0.2, 0.25) is 0 Å². The SMILES string of the molecule is CCC(C)c1cscc1C(N)C#N. The summed E-state index contributed by atoms with van der Waals surface area (Å²) < 4.78 is 0. The molecule has 0 amide bonds. The zero-order valence-corrected chi connectivity index (χ0v) is 8.77. The van der Waals surface area contributed by atoms with Crippen molar-refractivity contribution in [2.75, 3.05) is 0 Å². The van der Waals surface area contributed by atoms with Gasteiger partial charge >= 0.3 is 0 Å². The zero-order chi connectivity index (χ0) is 9.84. The van der Waals surface area contributed by atoms with Gasteiger partial charge in [0.25, 0.3) is 0 Å². The molecule has 0 aliphatic rings. The first-order valence-electron chi connectivity index (χ1n) is 4.41. The predicted octanol–water partition coefficient (Wildman–Crippen LogP) is 2.78. The number of nitriles is 1. The fourth-order valence-corrected chi connectivity index (χ4v) is 2.27. The average molecular weight is 194 g/mol. The van der Waals surface area contributed by atoms with E-state index in [1.807, 2.05) is 5.38 Å². The molecule has 0 aliphatic heterocycles. The molecule has 3 heteroatoms. The van der Waals surface area contributed by atoms with Gasteiger partial charge in [0.1, 0.15) is 6.04 Å². The highest BCUT2D eigenvalue weighted by Gasteiger charge is 2.14. The Hall–Kier alpha value is -0.850. The molecule has 0 fully saturated rings. The van der Waals surface area contributed by atoms with E-state index in [9.17, 15) is 0 Å². The molecule has 2 unspecified atom stereocenters. The van der Waals surface area contributed by atoms with Gasteiger partial charge in [-0.2, -0.15) is 16.6 Å². The maximum Gasteiger partial charge on any atom is 0.119 e. The Bertz CT molecular complexity index is 311. The summed E-state index contributed by atoms with van der Waals surface area (Å²) in [6.07, 6.45) is 1.09. The predicted molar refractivity (Wildman–Crippen MR) is 55.6 cm³/mol. The van der Waals surface area contributed by atoms with Gasteiger partial charge in [-0.15, -0.1) is 0 Å². The topological polar surface area (TPSA) is 49.8 Å². The molecule has 0 aliphatic carbocycles. The van der Waals surface area contributed by atoms with Crippen LogP contribution < -0.4 is 5.73 Å². The van der Waals surface area contributed by atoms with Crippen molar-refractivity contribution in [1.82, 2.24) is 0 Å². The lowest BCUT2D eigenvalue weighted by atomic mass is 9.95. The van der Waals surface area contributed by atoms with E-state index in [2.05, 4.69) is 25.3 Å². The molecule has 0 bridgehead atoms. The summed E-state index contributed by atoms with van der Waals surface area (Å²) in [7, 11) is 0. The first kappa shape index (κ1) is 10.2. The molecule has 1 aromatic heterocycles. The highest BCUT2D eigenvalue weighted by molar-refractivity contribution is 7.08. The highest BCUT2D eigenvalue weighted by atomic mass is 32.1. The Morgan fingerprint density at radius 3 is 2.69 bits per heavy atom. The third-order valence-corrected chi connectivity index (χ3v) is 3.12. The number of hydrogen-bond acceptors (Lipinski definition) is 3. The summed E-state index contributed by atoms with van der Waals surface area (Å²) in [6, 6.07) is 1.61. The molecule has 0 radical (unpaired) electrons. The molecule has 0 saturated heterocycles. The molecule has 0 saturated carbocycles. The fourth-order valence-electron chi connectivity index (χ4n) is 1.26. The van der Waals surface area contributed by atoms with E-state index in [-0.39, 0.29) is 0 Å². The summed E-state index contributed by atoms with van der Waals surface area (Å²) in [5, 5.41) is 12.8. The lowest BCUT2D eigenvalue weighted by Crippen LogP contribution is -2.09. The van der Waals surface area contributed by atoms with Crippen LogP contribution in [0, 0.1) is 11.3 Å². The summed E-state index contributed by atoms with van der Waals surface area (Å²) in [5.41, 5.74) is 7.92. The van der Waals surface area contributed by atoms with Crippen molar-refractivity contribution in [3.05, 3.63) is 21.9 Å². The summed E-state index contributed by atoms with van der Waals surface area (Å²) in [4.78, 5) is 0. The number of rotatable bonds is 3. The standard InChI is InChI=1S/C10H14N2S/c1-3-7(2)8-5-13-6-9(8)10(12)4-11/h5-7,10H,3,12H2,1-2H3. The van der Waals surface area contributed by atoms with E-state index >= 15 is 0 Å². The van der Waals surface area contributed by atoms with Crippen LogP contribution >= 0.6 is 11.3 Å². The Balaban J connectivity index is 2.97. The zero-order valence-electron chi connectivity index (χ0n) is 7.95. The second-order valence-electron chi connectivity index (χ2n) is 3.20. The van der Waals surface area contributed by atoms with Crippen LogP contribution in [0.15, 0.2) is 10.8 Å². The molecule has 70 valence electrons. The van der Waals surface area contributed by atoms with E-state index in [0.29, 0.717) is 5.92 Å². The molecule has 0 aromatic carbocycles. The van der Waals surface area contributed by atoms with Gasteiger partial charge < -0.3 is 5.73 Å². The maximum atomic E-state index is 8.72. The van der Waals surface area contributed by atoms with E-state index in [0.717, 1.165) is 12.0 Å². The van der Waals surface area contributed by atoms with E-state index in [1.165, 1.54) is 5.56 Å². The normalized spacial score (nSPS) is 14.9. The van der Waals surface area contributed by atoms with Gasteiger partial charge in [0.15, 0.2) is 0 Å². The van der Waals surface area contributed by atoms with Gasteiger partial charge in [0.2, 0.25) is 0 Å². The minimum absolute atomic E-state index is 0.463. The quantitative estimate of drug-likeness (QED) is 0.804. The largest absolute Gasteiger partial charge is 0.312 e. The number of thiophene rings is 1. The second kappa shape index (κ2) is 4.40. The molecule has 13 heavy (non-hydrogen) atoms. The average Bonchev–Trinajstić information content (AvgIpc) is 2.63. The minimum Gasteiger partial charge on any atom is -0.312 e. The lowest BCUT2D eigenvalue weighted by molar-refractivity contribution is 0.719. The Morgan fingerprint density at radius 1 is 1.54 bits per heavy atom. The van der Waals surface area contributed by atoms with Crippen LogP contribution in [0.5, 0.6) is 0 Å². The van der Waals surface area contributed by atoms with E-state index < -0.39 is 6.04 Å². The molecular weight excluding hydrogens is 180 g/mol. The molecule has 0 spiro atoms. The summed E-state index contributed by atoms with van der Waals surface area (Å²) in [5.74, 6) is 0.501. The Kier molecular flexibility index (Phi) is 3.47.